The number of nitro groups is 1. The third kappa shape index (κ3) is 3.62. The maximum Gasteiger partial charge on any atom is 0.271 e. The van der Waals surface area contributed by atoms with Gasteiger partial charge in [0.15, 0.2) is 0 Å². The van der Waals surface area contributed by atoms with E-state index in [4.69, 9.17) is 4.74 Å². The molecule has 35 heavy (non-hydrogen) atoms. The van der Waals surface area contributed by atoms with Crippen molar-refractivity contribution in [3.8, 4) is 5.75 Å². The lowest BCUT2D eigenvalue weighted by Gasteiger charge is -2.43. The van der Waals surface area contributed by atoms with Gasteiger partial charge in [-0.25, -0.2) is 0 Å². The summed E-state index contributed by atoms with van der Waals surface area (Å²) >= 11 is 0. The molecule has 1 amide bonds. The predicted octanol–water partition coefficient (Wildman–Crippen LogP) is 6.15. The predicted molar refractivity (Wildman–Crippen MR) is 134 cm³/mol. The molecule has 7 nitrogen and oxygen atoms in total. The number of nitrogens with one attached hydrogen (secondary N) is 2. The van der Waals surface area contributed by atoms with Gasteiger partial charge in [-0.2, -0.15) is 0 Å². The molecule has 1 heterocycles. The Morgan fingerprint density at radius 2 is 1.86 bits per heavy atom. The minimum atomic E-state index is -0.488. The minimum absolute atomic E-state index is 0.104. The zero-order valence-electron chi connectivity index (χ0n) is 19.4. The number of rotatable bonds is 5. The third-order valence-electron chi connectivity index (χ3n) is 8.15. The molecule has 2 aliphatic carbocycles. The fourth-order valence-electron chi connectivity index (χ4n) is 6.72. The van der Waals surface area contributed by atoms with Gasteiger partial charge < -0.3 is 15.4 Å². The van der Waals surface area contributed by atoms with Gasteiger partial charge >= 0.3 is 0 Å². The topological polar surface area (TPSA) is 93.5 Å². The number of fused-ring (bicyclic) bond motifs is 7. The van der Waals surface area contributed by atoms with Crippen LogP contribution in [0.4, 0.5) is 17.1 Å². The highest BCUT2D eigenvalue weighted by Crippen LogP contribution is 2.63. The summed E-state index contributed by atoms with van der Waals surface area (Å²) < 4.78 is 5.30. The van der Waals surface area contributed by atoms with Crippen LogP contribution in [0.2, 0.25) is 0 Å². The molecule has 2 N–H and O–H groups in total. The average Bonchev–Trinajstić information content (AvgIpc) is 3.51. The van der Waals surface area contributed by atoms with E-state index in [2.05, 4.69) is 41.0 Å². The lowest BCUT2D eigenvalue weighted by atomic mass is 9.68. The molecule has 6 rings (SSSR count). The van der Waals surface area contributed by atoms with Gasteiger partial charge in [0.2, 0.25) is 0 Å². The summed E-state index contributed by atoms with van der Waals surface area (Å²) in [4.78, 5) is 24.0. The van der Waals surface area contributed by atoms with Crippen molar-refractivity contribution in [2.75, 3.05) is 17.7 Å². The van der Waals surface area contributed by atoms with Crippen LogP contribution in [0.15, 0.2) is 66.7 Å². The lowest BCUT2D eigenvalue weighted by molar-refractivity contribution is -0.384. The Hall–Kier alpha value is -3.87. The van der Waals surface area contributed by atoms with Crippen LogP contribution in [0, 0.1) is 27.9 Å². The SMILES string of the molecule is COc1ccc([N+](=O)[O-])cc1NC(=O)c1ccc2c(c1)[C@@H]1[C@H]3CC[C@@H](C3)[C@@H]1[C@@H](c1ccccc1)N2. The zero-order chi connectivity index (χ0) is 24.1. The summed E-state index contributed by atoms with van der Waals surface area (Å²) in [6.45, 7) is 0. The monoisotopic (exact) mass is 469 g/mol. The number of hydrogen-bond acceptors (Lipinski definition) is 5. The van der Waals surface area contributed by atoms with Gasteiger partial charge in [-0.15, -0.1) is 0 Å². The number of nitro benzene ring substituents is 1. The second-order valence-electron chi connectivity index (χ2n) is 9.87. The smallest absolute Gasteiger partial charge is 0.271 e. The molecule has 0 saturated heterocycles. The first-order valence-corrected chi connectivity index (χ1v) is 12.1. The molecule has 2 fully saturated rings. The third-order valence-corrected chi connectivity index (χ3v) is 8.15. The summed E-state index contributed by atoms with van der Waals surface area (Å²) in [7, 11) is 1.47. The minimum Gasteiger partial charge on any atom is -0.495 e. The number of methoxy groups -OCH3 is 1. The first-order chi connectivity index (χ1) is 17.0. The van der Waals surface area contributed by atoms with Crippen LogP contribution in [-0.2, 0) is 0 Å². The summed E-state index contributed by atoms with van der Waals surface area (Å²) in [6.07, 6.45) is 3.77. The molecule has 3 aromatic rings. The molecule has 5 atom stereocenters. The van der Waals surface area contributed by atoms with Crippen LogP contribution < -0.4 is 15.4 Å². The second-order valence-corrected chi connectivity index (χ2v) is 9.87. The molecule has 7 heteroatoms. The first-order valence-electron chi connectivity index (χ1n) is 12.1. The Balaban J connectivity index is 1.33. The number of hydrogen-bond donors (Lipinski definition) is 2. The summed E-state index contributed by atoms with van der Waals surface area (Å²) in [5.74, 6) is 2.35. The van der Waals surface area contributed by atoms with Gasteiger partial charge in [0.05, 0.1) is 23.8 Å². The molecule has 178 valence electrons. The average molecular weight is 470 g/mol. The van der Waals surface area contributed by atoms with Gasteiger partial charge in [-0.3, -0.25) is 14.9 Å². The van der Waals surface area contributed by atoms with Crippen molar-refractivity contribution in [3.05, 3.63) is 93.5 Å². The van der Waals surface area contributed by atoms with Gasteiger partial charge in [-0.05, 0) is 78.3 Å². The number of carbonyl (C=O) groups is 1. The van der Waals surface area contributed by atoms with Crippen molar-refractivity contribution >= 4 is 23.0 Å². The van der Waals surface area contributed by atoms with Crippen molar-refractivity contribution in [2.45, 2.75) is 31.2 Å². The quantitative estimate of drug-likeness (QED) is 0.345. The largest absolute Gasteiger partial charge is 0.495 e. The highest BCUT2D eigenvalue weighted by Gasteiger charge is 2.53. The van der Waals surface area contributed by atoms with Gasteiger partial charge in [0.1, 0.15) is 5.75 Å². The molecular formula is C28H27N3O4. The Kier molecular flexibility index (Phi) is 5.20. The normalized spacial score (nSPS) is 25.8. The van der Waals surface area contributed by atoms with Crippen LogP contribution in [0.25, 0.3) is 0 Å². The Labute approximate surface area is 203 Å². The first kappa shape index (κ1) is 21.6. The molecule has 0 radical (unpaired) electrons. The van der Waals surface area contributed by atoms with E-state index < -0.39 is 4.92 Å². The molecular weight excluding hydrogens is 442 g/mol. The number of ether oxygens (including phenoxy) is 1. The number of nitrogens with zero attached hydrogens (tertiary/aromatic N) is 1. The number of carbonyl (C=O) groups excluding carboxylic acids is 1. The van der Waals surface area contributed by atoms with Crippen LogP contribution >= 0.6 is 0 Å². The highest BCUT2D eigenvalue weighted by atomic mass is 16.6. The van der Waals surface area contributed by atoms with Crippen LogP contribution in [0.1, 0.15) is 52.7 Å². The summed E-state index contributed by atoms with van der Waals surface area (Å²) in [5.41, 5.74) is 4.35. The van der Waals surface area contributed by atoms with E-state index in [9.17, 15) is 14.9 Å². The van der Waals surface area contributed by atoms with Crippen molar-refractivity contribution in [2.24, 2.45) is 17.8 Å². The maximum atomic E-state index is 13.2. The van der Waals surface area contributed by atoms with Crippen LogP contribution in [-0.4, -0.2) is 17.9 Å². The van der Waals surface area contributed by atoms with Gasteiger partial charge in [-0.1, -0.05) is 30.3 Å². The molecule has 3 aromatic carbocycles. The van der Waals surface area contributed by atoms with Crippen molar-refractivity contribution in [1.29, 1.82) is 0 Å². The van der Waals surface area contributed by atoms with E-state index in [-0.39, 0.29) is 23.3 Å². The van der Waals surface area contributed by atoms with E-state index in [0.717, 1.165) is 5.69 Å². The standard InChI is InChI=1S/C28H27N3O4/c1-35-24-12-10-20(31(33)34)15-23(24)30-28(32)19-9-11-22-21(14-19)25-17-7-8-18(13-17)26(25)27(29-22)16-5-3-2-4-6-16/h2-6,9-12,14-15,17-18,25-27,29H,7-8,13H2,1H3,(H,30,32)/t17-,18-,25-,26-,27+/m0/s1. The molecule has 0 unspecified atom stereocenters. The van der Waals surface area contributed by atoms with Crippen LogP contribution in [0.3, 0.4) is 0 Å². The fraction of sp³-hybridized carbons (Fsp3) is 0.321. The zero-order valence-corrected chi connectivity index (χ0v) is 19.4. The molecule has 0 spiro atoms. The Bertz CT molecular complexity index is 1310. The van der Waals surface area contributed by atoms with E-state index in [1.54, 1.807) is 0 Å². The second kappa shape index (κ2) is 8.41. The van der Waals surface area contributed by atoms with E-state index >= 15 is 0 Å². The fourth-order valence-corrected chi connectivity index (χ4v) is 6.72. The number of anilines is 2. The molecule has 1 aliphatic heterocycles. The van der Waals surface area contributed by atoms with Crippen molar-refractivity contribution in [3.63, 3.8) is 0 Å². The van der Waals surface area contributed by atoms with Crippen molar-refractivity contribution in [1.82, 2.24) is 0 Å². The Morgan fingerprint density at radius 3 is 2.63 bits per heavy atom. The molecule has 3 aliphatic rings. The summed E-state index contributed by atoms with van der Waals surface area (Å²) in [5, 5.41) is 17.8. The number of non-ortho nitro benzene ring substituents is 1. The maximum absolute atomic E-state index is 13.2. The highest BCUT2D eigenvalue weighted by molar-refractivity contribution is 6.05. The lowest BCUT2D eigenvalue weighted by Crippen LogP contribution is -2.35. The van der Waals surface area contributed by atoms with E-state index in [0.29, 0.717) is 35.0 Å². The van der Waals surface area contributed by atoms with E-state index in [1.807, 2.05) is 18.2 Å². The van der Waals surface area contributed by atoms with Crippen LogP contribution in [0.5, 0.6) is 5.75 Å². The molecule has 2 bridgehead atoms. The number of benzene rings is 3. The van der Waals surface area contributed by atoms with Crippen molar-refractivity contribution < 1.29 is 14.5 Å². The van der Waals surface area contributed by atoms with Gasteiger partial charge in [0, 0.05) is 23.4 Å². The molecule has 2 saturated carbocycles. The van der Waals surface area contributed by atoms with Gasteiger partial charge in [0.25, 0.3) is 11.6 Å². The van der Waals surface area contributed by atoms with E-state index in [1.165, 1.54) is 55.7 Å². The summed E-state index contributed by atoms with van der Waals surface area (Å²) in [6, 6.07) is 21.0. The number of amides is 1. The Morgan fingerprint density at radius 1 is 1.06 bits per heavy atom. The molecule has 0 aromatic heterocycles.